The lowest BCUT2D eigenvalue weighted by molar-refractivity contribution is -0.118. The molecule has 0 aromatic heterocycles. The summed E-state index contributed by atoms with van der Waals surface area (Å²) in [6, 6.07) is 9.90. The minimum atomic E-state index is 0. The van der Waals surface area contributed by atoms with Gasteiger partial charge in [0.2, 0.25) is 5.91 Å². The molecule has 1 aliphatic rings. The summed E-state index contributed by atoms with van der Waals surface area (Å²) in [4.78, 5) is 14.0. The molecule has 4 heteroatoms. The number of benzene rings is 1. The monoisotopic (exact) mass is 268 g/mol. The quantitative estimate of drug-likeness (QED) is 0.892. The van der Waals surface area contributed by atoms with Crippen LogP contribution in [0.2, 0.25) is 0 Å². The number of hydrogen-bond donors (Lipinski definition) is 1. The fourth-order valence-corrected chi connectivity index (χ4v) is 2.15. The van der Waals surface area contributed by atoms with Gasteiger partial charge in [-0.05, 0) is 30.9 Å². The van der Waals surface area contributed by atoms with Gasteiger partial charge in [0.15, 0.2) is 0 Å². The highest BCUT2D eigenvalue weighted by Crippen LogP contribution is 2.29. The van der Waals surface area contributed by atoms with Crippen LogP contribution in [0.25, 0.3) is 0 Å². The number of nitrogens with two attached hydrogens (primary N) is 1. The largest absolute Gasteiger partial charge is 0.330 e. The fourth-order valence-electron chi connectivity index (χ4n) is 2.15. The normalized spacial score (nSPS) is 14.5. The summed E-state index contributed by atoms with van der Waals surface area (Å²) in [7, 11) is 0. The SMILES string of the molecule is Cl.NCCC(=O)N(CC1CCC1)c1ccccc1. The first-order valence-corrected chi connectivity index (χ1v) is 6.36. The molecule has 0 radical (unpaired) electrons. The van der Waals surface area contributed by atoms with E-state index in [9.17, 15) is 4.79 Å². The van der Waals surface area contributed by atoms with Crippen LogP contribution in [0.5, 0.6) is 0 Å². The number of para-hydroxylation sites is 1. The van der Waals surface area contributed by atoms with E-state index in [1.807, 2.05) is 35.2 Å². The Morgan fingerprint density at radius 1 is 1.28 bits per heavy atom. The predicted molar refractivity (Wildman–Crippen MR) is 77.1 cm³/mol. The molecule has 0 heterocycles. The first-order valence-electron chi connectivity index (χ1n) is 6.36. The highest BCUT2D eigenvalue weighted by molar-refractivity contribution is 5.93. The van der Waals surface area contributed by atoms with Gasteiger partial charge in [-0.2, -0.15) is 0 Å². The van der Waals surface area contributed by atoms with Crippen molar-refractivity contribution in [3.05, 3.63) is 30.3 Å². The molecule has 3 nitrogen and oxygen atoms in total. The molecule has 1 amide bonds. The van der Waals surface area contributed by atoms with Gasteiger partial charge in [-0.15, -0.1) is 12.4 Å². The molecule has 0 unspecified atom stereocenters. The molecule has 1 saturated carbocycles. The number of anilines is 1. The van der Waals surface area contributed by atoms with Crippen molar-refractivity contribution >= 4 is 24.0 Å². The van der Waals surface area contributed by atoms with Crippen LogP contribution < -0.4 is 10.6 Å². The van der Waals surface area contributed by atoms with Crippen molar-refractivity contribution in [2.75, 3.05) is 18.0 Å². The molecule has 100 valence electrons. The van der Waals surface area contributed by atoms with Crippen LogP contribution in [0.4, 0.5) is 5.69 Å². The molecule has 1 fully saturated rings. The van der Waals surface area contributed by atoms with Crippen molar-refractivity contribution in [3.8, 4) is 0 Å². The number of amides is 1. The third-order valence-electron chi connectivity index (χ3n) is 3.39. The molecule has 0 atom stereocenters. The van der Waals surface area contributed by atoms with E-state index >= 15 is 0 Å². The summed E-state index contributed by atoms with van der Waals surface area (Å²) in [6.07, 6.45) is 4.23. The first-order chi connectivity index (χ1) is 8.31. The maximum absolute atomic E-state index is 12.1. The zero-order chi connectivity index (χ0) is 12.1. The van der Waals surface area contributed by atoms with E-state index in [2.05, 4.69) is 0 Å². The second-order valence-corrected chi connectivity index (χ2v) is 4.68. The standard InChI is InChI=1S/C14H20N2O.ClH/c15-10-9-14(17)16(11-12-5-4-6-12)13-7-2-1-3-8-13;/h1-3,7-8,12H,4-6,9-11,15H2;1H. The number of nitrogens with zero attached hydrogens (tertiary/aromatic N) is 1. The molecular weight excluding hydrogens is 248 g/mol. The summed E-state index contributed by atoms with van der Waals surface area (Å²) in [5, 5.41) is 0. The fraction of sp³-hybridized carbons (Fsp3) is 0.500. The topological polar surface area (TPSA) is 46.3 Å². The van der Waals surface area contributed by atoms with E-state index in [0.717, 1.165) is 12.2 Å². The molecule has 1 aromatic carbocycles. The van der Waals surface area contributed by atoms with Gasteiger partial charge in [0, 0.05) is 25.2 Å². The number of rotatable bonds is 5. The van der Waals surface area contributed by atoms with Crippen molar-refractivity contribution in [1.82, 2.24) is 0 Å². The average Bonchev–Trinajstić information content (AvgIpc) is 2.29. The first kappa shape index (κ1) is 15.0. The Morgan fingerprint density at radius 3 is 2.44 bits per heavy atom. The lowest BCUT2D eigenvalue weighted by Gasteiger charge is -2.32. The average molecular weight is 269 g/mol. The third-order valence-corrected chi connectivity index (χ3v) is 3.39. The Hall–Kier alpha value is -1.06. The van der Waals surface area contributed by atoms with Crippen LogP contribution in [0.3, 0.4) is 0 Å². The third kappa shape index (κ3) is 3.72. The molecular formula is C14H21ClN2O. The minimum absolute atomic E-state index is 0. The summed E-state index contributed by atoms with van der Waals surface area (Å²) in [6.45, 7) is 1.27. The van der Waals surface area contributed by atoms with Gasteiger partial charge >= 0.3 is 0 Å². The van der Waals surface area contributed by atoms with Crippen LogP contribution in [0.15, 0.2) is 30.3 Å². The maximum atomic E-state index is 12.1. The second kappa shape index (κ2) is 7.39. The van der Waals surface area contributed by atoms with E-state index in [1.165, 1.54) is 19.3 Å². The minimum Gasteiger partial charge on any atom is -0.330 e. The Morgan fingerprint density at radius 2 is 1.94 bits per heavy atom. The highest BCUT2D eigenvalue weighted by Gasteiger charge is 2.24. The molecule has 1 aliphatic carbocycles. The smallest absolute Gasteiger partial charge is 0.228 e. The molecule has 0 bridgehead atoms. The lowest BCUT2D eigenvalue weighted by Crippen LogP contribution is -2.38. The lowest BCUT2D eigenvalue weighted by atomic mass is 9.85. The van der Waals surface area contributed by atoms with Crippen molar-refractivity contribution in [2.24, 2.45) is 11.7 Å². The van der Waals surface area contributed by atoms with Crippen LogP contribution in [0, 0.1) is 5.92 Å². The van der Waals surface area contributed by atoms with Gasteiger partial charge in [-0.25, -0.2) is 0 Å². The van der Waals surface area contributed by atoms with E-state index in [0.29, 0.717) is 18.9 Å². The van der Waals surface area contributed by atoms with E-state index in [1.54, 1.807) is 0 Å². The number of halogens is 1. The van der Waals surface area contributed by atoms with Crippen LogP contribution in [0.1, 0.15) is 25.7 Å². The van der Waals surface area contributed by atoms with Gasteiger partial charge in [0.05, 0.1) is 0 Å². The molecule has 2 rings (SSSR count). The molecule has 18 heavy (non-hydrogen) atoms. The van der Waals surface area contributed by atoms with Crippen molar-refractivity contribution in [2.45, 2.75) is 25.7 Å². The molecule has 0 saturated heterocycles. The second-order valence-electron chi connectivity index (χ2n) is 4.68. The van der Waals surface area contributed by atoms with Crippen molar-refractivity contribution in [1.29, 1.82) is 0 Å². The number of hydrogen-bond acceptors (Lipinski definition) is 2. The molecule has 2 N–H and O–H groups in total. The Balaban J connectivity index is 0.00000162. The summed E-state index contributed by atoms with van der Waals surface area (Å²) >= 11 is 0. The molecule has 0 aliphatic heterocycles. The molecule has 1 aromatic rings. The van der Waals surface area contributed by atoms with E-state index in [4.69, 9.17) is 5.73 Å². The van der Waals surface area contributed by atoms with Crippen LogP contribution in [-0.4, -0.2) is 19.0 Å². The maximum Gasteiger partial charge on any atom is 0.228 e. The van der Waals surface area contributed by atoms with Gasteiger partial charge in [-0.1, -0.05) is 24.6 Å². The van der Waals surface area contributed by atoms with Gasteiger partial charge < -0.3 is 10.6 Å². The van der Waals surface area contributed by atoms with Crippen molar-refractivity contribution in [3.63, 3.8) is 0 Å². The predicted octanol–water partition coefficient (Wildman–Crippen LogP) is 2.59. The highest BCUT2D eigenvalue weighted by atomic mass is 35.5. The number of carbonyl (C=O) groups is 1. The zero-order valence-corrected chi connectivity index (χ0v) is 11.4. The van der Waals surface area contributed by atoms with Crippen LogP contribution in [-0.2, 0) is 4.79 Å². The Labute approximate surface area is 115 Å². The summed E-state index contributed by atoms with van der Waals surface area (Å²) < 4.78 is 0. The van der Waals surface area contributed by atoms with Gasteiger partial charge in [0.25, 0.3) is 0 Å². The summed E-state index contributed by atoms with van der Waals surface area (Å²) in [5.74, 6) is 0.822. The van der Waals surface area contributed by atoms with Gasteiger partial charge in [-0.3, -0.25) is 4.79 Å². The van der Waals surface area contributed by atoms with E-state index < -0.39 is 0 Å². The molecule has 0 spiro atoms. The Bertz CT molecular complexity index is 365. The van der Waals surface area contributed by atoms with E-state index in [-0.39, 0.29) is 18.3 Å². The van der Waals surface area contributed by atoms with Crippen LogP contribution >= 0.6 is 12.4 Å². The van der Waals surface area contributed by atoms with Gasteiger partial charge in [0.1, 0.15) is 0 Å². The number of carbonyl (C=O) groups excluding carboxylic acids is 1. The van der Waals surface area contributed by atoms with Crippen molar-refractivity contribution < 1.29 is 4.79 Å². The summed E-state index contributed by atoms with van der Waals surface area (Å²) in [5.41, 5.74) is 6.47. The Kier molecular flexibility index (Phi) is 6.16. The zero-order valence-electron chi connectivity index (χ0n) is 10.5.